The first-order chi connectivity index (χ1) is 17.2. The van der Waals surface area contributed by atoms with Crippen LogP contribution in [-0.4, -0.2) is 99.0 Å². The van der Waals surface area contributed by atoms with E-state index in [4.69, 9.17) is 23.7 Å². The second kappa shape index (κ2) is 13.7. The van der Waals surface area contributed by atoms with Gasteiger partial charge in [-0.25, -0.2) is 0 Å². The minimum absolute atomic E-state index is 0.0132. The van der Waals surface area contributed by atoms with Gasteiger partial charge >= 0.3 is 23.9 Å². The van der Waals surface area contributed by atoms with E-state index in [1.807, 2.05) is 13.8 Å². The molecule has 2 saturated heterocycles. The first-order valence-corrected chi connectivity index (χ1v) is 13.2. The Balaban J connectivity index is 1.69. The fourth-order valence-electron chi connectivity index (χ4n) is 3.42. The molecular formula is C22H33F9O5S. The van der Waals surface area contributed by atoms with Gasteiger partial charge in [-0.1, -0.05) is 13.8 Å². The van der Waals surface area contributed by atoms with Crippen LogP contribution in [0.2, 0.25) is 0 Å². The number of ether oxygens (including phenoxy) is 5. The lowest BCUT2D eigenvalue weighted by Gasteiger charge is -2.33. The van der Waals surface area contributed by atoms with Crippen molar-refractivity contribution in [1.29, 1.82) is 0 Å². The van der Waals surface area contributed by atoms with E-state index in [1.54, 1.807) is 0 Å². The molecule has 0 saturated carbocycles. The summed E-state index contributed by atoms with van der Waals surface area (Å²) in [4.78, 5) is 0. The summed E-state index contributed by atoms with van der Waals surface area (Å²) in [5.74, 6) is -19.6. The van der Waals surface area contributed by atoms with Crippen molar-refractivity contribution in [3.8, 4) is 0 Å². The van der Waals surface area contributed by atoms with Gasteiger partial charge in [0.05, 0.1) is 38.6 Å². The number of epoxide rings is 2. The Bertz CT molecular complexity index is 675. The molecule has 0 radical (unpaired) electrons. The molecule has 2 rings (SSSR count). The van der Waals surface area contributed by atoms with Gasteiger partial charge < -0.3 is 23.7 Å². The van der Waals surface area contributed by atoms with Gasteiger partial charge in [-0.2, -0.15) is 51.3 Å². The predicted molar refractivity (Wildman–Crippen MR) is 117 cm³/mol. The maximum absolute atomic E-state index is 13.5. The fraction of sp³-hybridized carbons (Fsp3) is 1.00. The SMILES string of the molecule is CCC(OCC(COCCCSCCC(F)(F)C(F)(F)C(F)(F)C(F)(F)F)OC(CC)C1CO1)C1CO1. The van der Waals surface area contributed by atoms with Crippen LogP contribution in [0.4, 0.5) is 39.5 Å². The normalized spacial score (nSPS) is 23.1. The summed E-state index contributed by atoms with van der Waals surface area (Å²) in [6, 6.07) is 0. The summed E-state index contributed by atoms with van der Waals surface area (Å²) in [6.45, 7) is 5.75. The molecule has 0 amide bonds. The van der Waals surface area contributed by atoms with E-state index in [9.17, 15) is 39.5 Å². The van der Waals surface area contributed by atoms with E-state index >= 15 is 0 Å². The van der Waals surface area contributed by atoms with E-state index < -0.39 is 42.2 Å². The van der Waals surface area contributed by atoms with E-state index in [2.05, 4.69) is 0 Å². The van der Waals surface area contributed by atoms with Crippen molar-refractivity contribution in [3.63, 3.8) is 0 Å². The minimum Gasteiger partial charge on any atom is -0.379 e. The molecule has 0 N–H and O–H groups in total. The third kappa shape index (κ3) is 9.30. The smallest absolute Gasteiger partial charge is 0.379 e. The predicted octanol–water partition coefficient (Wildman–Crippen LogP) is 5.74. The zero-order chi connectivity index (χ0) is 27.9. The molecule has 0 aromatic carbocycles. The Labute approximate surface area is 214 Å². The number of hydrogen-bond donors (Lipinski definition) is 0. The average molecular weight is 581 g/mol. The number of thioether (sulfide) groups is 1. The molecule has 5 unspecified atom stereocenters. The Hall–Kier alpha value is -0.480. The zero-order valence-electron chi connectivity index (χ0n) is 20.5. The van der Waals surface area contributed by atoms with Crippen molar-refractivity contribution >= 4 is 11.8 Å². The van der Waals surface area contributed by atoms with Gasteiger partial charge in [0.1, 0.15) is 18.3 Å². The third-order valence-electron chi connectivity index (χ3n) is 5.87. The lowest BCUT2D eigenvalue weighted by atomic mass is 10.0. The molecular weight excluding hydrogens is 547 g/mol. The van der Waals surface area contributed by atoms with Crippen LogP contribution in [0.15, 0.2) is 0 Å². The van der Waals surface area contributed by atoms with Gasteiger partial charge in [0.15, 0.2) is 0 Å². The maximum atomic E-state index is 13.5. The summed E-state index contributed by atoms with van der Waals surface area (Å²) in [5.41, 5.74) is 0. The molecule has 0 aliphatic carbocycles. The summed E-state index contributed by atoms with van der Waals surface area (Å²) < 4.78 is 144. The van der Waals surface area contributed by atoms with Crippen molar-refractivity contribution in [2.24, 2.45) is 0 Å². The molecule has 2 aliphatic heterocycles. The van der Waals surface area contributed by atoms with Crippen molar-refractivity contribution in [2.75, 3.05) is 44.5 Å². The van der Waals surface area contributed by atoms with Crippen LogP contribution in [0.25, 0.3) is 0 Å². The van der Waals surface area contributed by atoms with Gasteiger partial charge in [0.25, 0.3) is 0 Å². The van der Waals surface area contributed by atoms with Crippen molar-refractivity contribution in [1.82, 2.24) is 0 Å². The monoisotopic (exact) mass is 580 g/mol. The second-order valence-electron chi connectivity index (χ2n) is 8.87. The van der Waals surface area contributed by atoms with Gasteiger partial charge in [-0.05, 0) is 30.8 Å². The van der Waals surface area contributed by atoms with E-state index in [-0.39, 0.29) is 50.0 Å². The molecule has 0 spiro atoms. The standard InChI is InChI=1S/C22H33F9O5S/c1-3-15(17-12-34-17)33-11-14(36-16(4-2)18-13-35-18)10-32-7-5-8-37-9-6-19(23,24)20(25,26)21(27,28)22(29,30)31/h14-18H,3-13H2,1-2H3. The third-order valence-corrected chi connectivity index (χ3v) is 6.94. The molecule has 2 heterocycles. The number of alkyl halides is 9. The first kappa shape index (κ1) is 32.7. The van der Waals surface area contributed by atoms with E-state index in [1.165, 1.54) is 0 Å². The lowest BCUT2D eigenvalue weighted by molar-refractivity contribution is -0.396. The van der Waals surface area contributed by atoms with Crippen LogP contribution in [0.5, 0.6) is 0 Å². The van der Waals surface area contributed by atoms with Gasteiger partial charge in [-0.15, -0.1) is 0 Å². The molecule has 37 heavy (non-hydrogen) atoms. The molecule has 0 aromatic heterocycles. The van der Waals surface area contributed by atoms with Gasteiger partial charge in [0.2, 0.25) is 0 Å². The molecule has 0 bridgehead atoms. The quantitative estimate of drug-likeness (QED) is 0.104. The molecule has 5 atom stereocenters. The Morgan fingerprint density at radius 3 is 1.89 bits per heavy atom. The Morgan fingerprint density at radius 1 is 0.811 bits per heavy atom. The number of hydrogen-bond acceptors (Lipinski definition) is 6. The van der Waals surface area contributed by atoms with Crippen molar-refractivity contribution in [3.05, 3.63) is 0 Å². The topological polar surface area (TPSA) is 52.8 Å². The second-order valence-corrected chi connectivity index (χ2v) is 10.1. The molecule has 5 nitrogen and oxygen atoms in total. The molecule has 0 aromatic rings. The maximum Gasteiger partial charge on any atom is 0.460 e. The lowest BCUT2D eigenvalue weighted by Crippen LogP contribution is -2.60. The summed E-state index contributed by atoms with van der Waals surface area (Å²) >= 11 is 0.721. The van der Waals surface area contributed by atoms with E-state index in [0.717, 1.165) is 24.6 Å². The summed E-state index contributed by atoms with van der Waals surface area (Å²) in [5, 5.41) is 0. The summed E-state index contributed by atoms with van der Waals surface area (Å²) in [7, 11) is 0. The number of halogens is 9. The molecule has 2 aliphatic rings. The Morgan fingerprint density at radius 2 is 1.38 bits per heavy atom. The van der Waals surface area contributed by atoms with E-state index in [0.29, 0.717) is 19.6 Å². The van der Waals surface area contributed by atoms with Gasteiger partial charge in [-0.3, -0.25) is 0 Å². The highest BCUT2D eigenvalue weighted by Crippen LogP contribution is 2.54. The largest absolute Gasteiger partial charge is 0.460 e. The highest BCUT2D eigenvalue weighted by atomic mass is 32.2. The fourth-order valence-corrected chi connectivity index (χ4v) is 4.35. The first-order valence-electron chi connectivity index (χ1n) is 12.0. The van der Waals surface area contributed by atoms with Crippen molar-refractivity contribution in [2.45, 2.75) is 94.0 Å². The zero-order valence-corrected chi connectivity index (χ0v) is 21.3. The number of rotatable bonds is 20. The average Bonchev–Trinajstić information content (AvgIpc) is 3.71. The highest BCUT2D eigenvalue weighted by molar-refractivity contribution is 7.99. The Kier molecular flexibility index (Phi) is 12.1. The highest BCUT2D eigenvalue weighted by Gasteiger charge is 2.81. The molecule has 220 valence electrons. The van der Waals surface area contributed by atoms with Crippen LogP contribution in [-0.2, 0) is 23.7 Å². The van der Waals surface area contributed by atoms with Crippen molar-refractivity contribution < 1.29 is 63.2 Å². The van der Waals surface area contributed by atoms with Gasteiger partial charge in [0, 0.05) is 13.0 Å². The van der Waals surface area contributed by atoms with Crippen LogP contribution >= 0.6 is 11.8 Å². The van der Waals surface area contributed by atoms with Crippen LogP contribution in [0.1, 0.15) is 39.5 Å². The summed E-state index contributed by atoms with van der Waals surface area (Å²) in [6.07, 6.45) is -7.39. The van der Waals surface area contributed by atoms with Crippen LogP contribution in [0, 0.1) is 0 Å². The molecule has 2 fully saturated rings. The van der Waals surface area contributed by atoms with Crippen LogP contribution < -0.4 is 0 Å². The minimum atomic E-state index is -6.85. The molecule has 15 heteroatoms. The van der Waals surface area contributed by atoms with Crippen LogP contribution in [0.3, 0.4) is 0 Å².